The number of hydrogen-bond donors (Lipinski definition) is 2. The Labute approximate surface area is 116 Å². The zero-order chi connectivity index (χ0) is 14.4. The number of rotatable bonds is 5. The highest BCUT2D eigenvalue weighted by molar-refractivity contribution is 5.73. The van der Waals surface area contributed by atoms with E-state index in [1.807, 2.05) is 30.3 Å². The molecule has 2 rings (SSSR count). The predicted molar refractivity (Wildman–Crippen MR) is 74.2 cm³/mol. The van der Waals surface area contributed by atoms with Gasteiger partial charge in [0.1, 0.15) is 6.04 Å². The van der Waals surface area contributed by atoms with Gasteiger partial charge in [-0.15, -0.1) is 10.2 Å². The SMILES string of the molecule is NC(Cc1ccc(/N=N/c2ccccc2)nc1)C(=O)O. The molecule has 0 radical (unpaired) electrons. The van der Waals surface area contributed by atoms with Gasteiger partial charge in [0.05, 0.1) is 5.69 Å². The molecule has 0 bridgehead atoms. The van der Waals surface area contributed by atoms with Gasteiger partial charge in [0, 0.05) is 6.20 Å². The molecule has 1 aromatic heterocycles. The number of nitrogens with two attached hydrogens (primary N) is 1. The van der Waals surface area contributed by atoms with Crippen molar-refractivity contribution in [2.24, 2.45) is 16.0 Å². The van der Waals surface area contributed by atoms with Gasteiger partial charge in [-0.1, -0.05) is 24.3 Å². The van der Waals surface area contributed by atoms with E-state index in [2.05, 4.69) is 15.2 Å². The van der Waals surface area contributed by atoms with Crippen molar-refractivity contribution in [2.75, 3.05) is 0 Å². The van der Waals surface area contributed by atoms with E-state index < -0.39 is 12.0 Å². The molecule has 1 aromatic carbocycles. The monoisotopic (exact) mass is 270 g/mol. The number of carbonyl (C=O) groups is 1. The van der Waals surface area contributed by atoms with Crippen LogP contribution in [-0.2, 0) is 11.2 Å². The van der Waals surface area contributed by atoms with Gasteiger partial charge in [-0.25, -0.2) is 4.98 Å². The van der Waals surface area contributed by atoms with Crippen LogP contribution >= 0.6 is 0 Å². The summed E-state index contributed by atoms with van der Waals surface area (Å²) < 4.78 is 0. The smallest absolute Gasteiger partial charge is 0.320 e. The predicted octanol–water partition coefficient (Wildman–Crippen LogP) is 2.45. The van der Waals surface area contributed by atoms with Gasteiger partial charge in [0.15, 0.2) is 5.82 Å². The van der Waals surface area contributed by atoms with Gasteiger partial charge >= 0.3 is 5.97 Å². The third kappa shape index (κ3) is 3.96. The average Bonchev–Trinajstić information content (AvgIpc) is 2.47. The standard InChI is InChI=1S/C14H14N4O2/c15-12(14(19)20)8-10-6-7-13(16-9-10)18-17-11-4-2-1-3-5-11/h1-7,9,12H,8,15H2,(H,19,20)/b18-17+. The van der Waals surface area contributed by atoms with E-state index in [9.17, 15) is 4.79 Å². The number of azo groups is 1. The highest BCUT2D eigenvalue weighted by Crippen LogP contribution is 2.16. The van der Waals surface area contributed by atoms with Crippen LogP contribution in [0.1, 0.15) is 5.56 Å². The lowest BCUT2D eigenvalue weighted by molar-refractivity contribution is -0.138. The van der Waals surface area contributed by atoms with E-state index in [-0.39, 0.29) is 6.42 Å². The second-order valence-corrected chi connectivity index (χ2v) is 4.21. The molecule has 3 N–H and O–H groups in total. The highest BCUT2D eigenvalue weighted by Gasteiger charge is 2.11. The van der Waals surface area contributed by atoms with Crippen molar-refractivity contribution in [3.8, 4) is 0 Å². The molecule has 102 valence electrons. The van der Waals surface area contributed by atoms with Gasteiger partial charge in [-0.3, -0.25) is 4.79 Å². The van der Waals surface area contributed by atoms with E-state index in [1.54, 1.807) is 18.3 Å². The number of carboxylic acids is 1. The first-order valence-electron chi connectivity index (χ1n) is 6.05. The van der Waals surface area contributed by atoms with Crippen molar-refractivity contribution in [1.82, 2.24) is 4.98 Å². The molecule has 0 saturated heterocycles. The van der Waals surface area contributed by atoms with E-state index in [1.165, 1.54) is 0 Å². The Hall–Kier alpha value is -2.60. The molecule has 0 fully saturated rings. The van der Waals surface area contributed by atoms with Crippen molar-refractivity contribution in [1.29, 1.82) is 0 Å². The van der Waals surface area contributed by atoms with Gasteiger partial charge < -0.3 is 10.8 Å². The maximum atomic E-state index is 10.7. The molecule has 1 unspecified atom stereocenters. The Morgan fingerprint density at radius 3 is 2.55 bits per heavy atom. The molecular formula is C14H14N4O2. The van der Waals surface area contributed by atoms with Crippen molar-refractivity contribution in [3.05, 3.63) is 54.2 Å². The number of aromatic nitrogens is 1. The van der Waals surface area contributed by atoms with E-state index in [0.717, 1.165) is 11.3 Å². The molecule has 0 aliphatic carbocycles. The second-order valence-electron chi connectivity index (χ2n) is 4.21. The number of hydrogen-bond acceptors (Lipinski definition) is 5. The largest absolute Gasteiger partial charge is 0.480 e. The second kappa shape index (κ2) is 6.53. The van der Waals surface area contributed by atoms with E-state index in [4.69, 9.17) is 10.8 Å². The van der Waals surface area contributed by atoms with Crippen LogP contribution in [0.15, 0.2) is 58.9 Å². The first-order valence-corrected chi connectivity index (χ1v) is 6.05. The van der Waals surface area contributed by atoms with Crippen molar-refractivity contribution >= 4 is 17.5 Å². The molecule has 1 heterocycles. The van der Waals surface area contributed by atoms with E-state index in [0.29, 0.717) is 5.82 Å². The first-order chi connectivity index (χ1) is 9.65. The number of nitrogens with zero attached hydrogens (tertiary/aromatic N) is 3. The summed E-state index contributed by atoms with van der Waals surface area (Å²) in [7, 11) is 0. The van der Waals surface area contributed by atoms with Gasteiger partial charge in [-0.05, 0) is 30.2 Å². The van der Waals surface area contributed by atoms with Crippen LogP contribution in [0.2, 0.25) is 0 Å². The molecule has 0 spiro atoms. The Kier molecular flexibility index (Phi) is 4.52. The summed E-state index contributed by atoms with van der Waals surface area (Å²) >= 11 is 0. The van der Waals surface area contributed by atoms with Crippen molar-refractivity contribution in [2.45, 2.75) is 12.5 Å². The first kappa shape index (κ1) is 13.8. The summed E-state index contributed by atoms with van der Waals surface area (Å²) in [5.41, 5.74) is 6.94. The Bertz CT molecular complexity index is 596. The van der Waals surface area contributed by atoms with Crippen LogP contribution in [0.25, 0.3) is 0 Å². The molecule has 0 amide bonds. The number of benzene rings is 1. The number of aliphatic carboxylic acids is 1. The van der Waals surface area contributed by atoms with Crippen molar-refractivity contribution < 1.29 is 9.90 Å². The molecule has 0 aliphatic heterocycles. The lowest BCUT2D eigenvalue weighted by Crippen LogP contribution is -2.32. The minimum absolute atomic E-state index is 0.235. The third-order valence-corrected chi connectivity index (χ3v) is 2.61. The molecule has 0 saturated carbocycles. The highest BCUT2D eigenvalue weighted by atomic mass is 16.4. The fourth-order valence-electron chi connectivity index (χ4n) is 1.54. The summed E-state index contributed by atoms with van der Waals surface area (Å²) in [6.45, 7) is 0. The summed E-state index contributed by atoms with van der Waals surface area (Å²) in [6.07, 6.45) is 1.79. The van der Waals surface area contributed by atoms with Crippen molar-refractivity contribution in [3.63, 3.8) is 0 Å². The molecule has 2 aromatic rings. The fraction of sp³-hybridized carbons (Fsp3) is 0.143. The van der Waals surface area contributed by atoms with Gasteiger partial charge in [0.25, 0.3) is 0 Å². The zero-order valence-electron chi connectivity index (χ0n) is 10.7. The zero-order valence-corrected chi connectivity index (χ0v) is 10.7. The maximum absolute atomic E-state index is 10.7. The summed E-state index contributed by atoms with van der Waals surface area (Å²) in [5.74, 6) is -0.570. The Morgan fingerprint density at radius 2 is 1.95 bits per heavy atom. The quantitative estimate of drug-likeness (QED) is 0.815. The minimum atomic E-state index is -1.03. The van der Waals surface area contributed by atoms with Crippen LogP contribution in [0.4, 0.5) is 11.5 Å². The summed E-state index contributed by atoms with van der Waals surface area (Å²) in [4.78, 5) is 14.7. The van der Waals surface area contributed by atoms with Gasteiger partial charge in [0.2, 0.25) is 0 Å². The molecular weight excluding hydrogens is 256 g/mol. The molecule has 1 atom stereocenters. The van der Waals surface area contributed by atoms with Crippen LogP contribution in [0.5, 0.6) is 0 Å². The lowest BCUT2D eigenvalue weighted by Gasteiger charge is -2.05. The fourth-order valence-corrected chi connectivity index (χ4v) is 1.54. The van der Waals surface area contributed by atoms with Crippen LogP contribution in [-0.4, -0.2) is 22.1 Å². The summed E-state index contributed by atoms with van der Waals surface area (Å²) in [6, 6.07) is 11.8. The maximum Gasteiger partial charge on any atom is 0.320 e. The van der Waals surface area contributed by atoms with Crippen LogP contribution in [0, 0.1) is 0 Å². The average molecular weight is 270 g/mol. The van der Waals surface area contributed by atoms with E-state index >= 15 is 0 Å². The minimum Gasteiger partial charge on any atom is -0.480 e. The summed E-state index contributed by atoms with van der Waals surface area (Å²) in [5, 5.41) is 16.8. The molecule has 0 aliphatic rings. The number of carboxylic acid groups (broad SMARTS) is 1. The Balaban J connectivity index is 2.02. The molecule has 6 heteroatoms. The lowest BCUT2D eigenvalue weighted by atomic mass is 10.1. The normalized spacial score (nSPS) is 12.4. The Morgan fingerprint density at radius 1 is 1.20 bits per heavy atom. The van der Waals surface area contributed by atoms with Crippen LogP contribution < -0.4 is 5.73 Å². The third-order valence-electron chi connectivity index (χ3n) is 2.61. The molecule has 20 heavy (non-hydrogen) atoms. The topological polar surface area (TPSA) is 101 Å². The molecule has 6 nitrogen and oxygen atoms in total. The van der Waals surface area contributed by atoms with Gasteiger partial charge in [-0.2, -0.15) is 0 Å². The number of pyridine rings is 1. The van der Waals surface area contributed by atoms with Crippen LogP contribution in [0.3, 0.4) is 0 Å².